The van der Waals surface area contributed by atoms with Gasteiger partial charge in [-0.1, -0.05) is 0 Å². The lowest BCUT2D eigenvalue weighted by atomic mass is 10.2. The molecule has 0 unspecified atom stereocenters. The lowest BCUT2D eigenvalue weighted by Gasteiger charge is -2.14. The molecule has 1 saturated carbocycles. The van der Waals surface area contributed by atoms with E-state index < -0.39 is 10.0 Å². The largest absolute Gasteiger partial charge is 0.397 e. The molecule has 0 bridgehead atoms. The molecule has 0 saturated heterocycles. The van der Waals surface area contributed by atoms with Gasteiger partial charge in [-0.05, 0) is 31.0 Å². The van der Waals surface area contributed by atoms with Crippen LogP contribution in [0.4, 0.5) is 11.4 Å². The Labute approximate surface area is 102 Å². The highest BCUT2D eigenvalue weighted by atomic mass is 32.2. The molecule has 0 radical (unpaired) electrons. The van der Waals surface area contributed by atoms with Gasteiger partial charge >= 0.3 is 0 Å². The van der Waals surface area contributed by atoms with Crippen LogP contribution in [0.1, 0.15) is 12.8 Å². The fourth-order valence-corrected chi connectivity index (χ4v) is 2.41. The number of nitrogens with one attached hydrogen (secondary N) is 1. The Morgan fingerprint density at radius 1 is 1.35 bits per heavy atom. The van der Waals surface area contributed by atoms with Crippen molar-refractivity contribution < 1.29 is 8.42 Å². The van der Waals surface area contributed by atoms with E-state index in [0.717, 1.165) is 12.8 Å². The van der Waals surface area contributed by atoms with Crippen molar-refractivity contribution in [3.63, 3.8) is 0 Å². The normalized spacial score (nSPS) is 16.2. The van der Waals surface area contributed by atoms with Crippen LogP contribution in [-0.2, 0) is 10.0 Å². The molecule has 6 heteroatoms. The molecule has 1 aromatic carbocycles. The third-order valence-corrected chi connectivity index (χ3v) is 4.55. The smallest absolute Gasteiger partial charge is 0.242 e. The molecule has 1 aliphatic carbocycles. The Morgan fingerprint density at radius 2 is 2.00 bits per heavy atom. The number of sulfonamides is 1. The number of nitrogen functional groups attached to an aromatic ring is 1. The highest BCUT2D eigenvalue weighted by Crippen LogP contribution is 2.30. The average Bonchev–Trinajstić information content (AvgIpc) is 3.04. The predicted molar refractivity (Wildman–Crippen MR) is 68.4 cm³/mol. The SMILES string of the molecule is CN(C)S(=O)(=O)c1ccc(N)c(NC2CC2)c1. The van der Waals surface area contributed by atoms with Crippen molar-refractivity contribution in [3.8, 4) is 0 Å². The van der Waals surface area contributed by atoms with E-state index in [1.807, 2.05) is 0 Å². The van der Waals surface area contributed by atoms with Crippen molar-refractivity contribution in [1.82, 2.24) is 4.31 Å². The van der Waals surface area contributed by atoms with Gasteiger partial charge in [0, 0.05) is 20.1 Å². The van der Waals surface area contributed by atoms with Crippen molar-refractivity contribution in [2.75, 3.05) is 25.1 Å². The van der Waals surface area contributed by atoms with E-state index in [0.29, 0.717) is 17.4 Å². The standard InChI is InChI=1S/C11H17N3O2S/c1-14(2)17(15,16)9-5-6-10(12)11(7-9)13-8-3-4-8/h5-8,13H,3-4,12H2,1-2H3. The number of hydrogen-bond donors (Lipinski definition) is 2. The first-order chi connectivity index (χ1) is 7.91. The van der Waals surface area contributed by atoms with Crippen LogP contribution in [0.25, 0.3) is 0 Å². The second-order valence-corrected chi connectivity index (χ2v) is 6.61. The van der Waals surface area contributed by atoms with Crippen LogP contribution < -0.4 is 11.1 Å². The molecule has 1 aliphatic rings. The highest BCUT2D eigenvalue weighted by Gasteiger charge is 2.23. The molecule has 3 N–H and O–H groups in total. The van der Waals surface area contributed by atoms with Gasteiger partial charge in [0.2, 0.25) is 10.0 Å². The molecule has 0 atom stereocenters. The maximum atomic E-state index is 12.0. The second kappa shape index (κ2) is 4.19. The van der Waals surface area contributed by atoms with Gasteiger partial charge in [0.15, 0.2) is 0 Å². The molecule has 0 amide bonds. The van der Waals surface area contributed by atoms with E-state index in [1.165, 1.54) is 24.5 Å². The summed E-state index contributed by atoms with van der Waals surface area (Å²) in [6.45, 7) is 0. The number of hydrogen-bond acceptors (Lipinski definition) is 4. The van der Waals surface area contributed by atoms with E-state index in [-0.39, 0.29) is 4.90 Å². The molecule has 2 rings (SSSR count). The predicted octanol–water partition coefficient (Wildman–Crippen LogP) is 1.09. The minimum absolute atomic E-state index is 0.264. The molecule has 5 nitrogen and oxygen atoms in total. The first-order valence-corrected chi connectivity index (χ1v) is 6.94. The van der Waals surface area contributed by atoms with Crippen LogP contribution in [-0.4, -0.2) is 32.9 Å². The first-order valence-electron chi connectivity index (χ1n) is 5.50. The van der Waals surface area contributed by atoms with Gasteiger partial charge in [-0.15, -0.1) is 0 Å². The molecule has 0 aromatic heterocycles. The first kappa shape index (κ1) is 12.2. The zero-order valence-electron chi connectivity index (χ0n) is 9.97. The summed E-state index contributed by atoms with van der Waals surface area (Å²) in [6, 6.07) is 5.20. The van der Waals surface area contributed by atoms with Gasteiger partial charge in [0.1, 0.15) is 0 Å². The molecule has 1 fully saturated rings. The quantitative estimate of drug-likeness (QED) is 0.790. The Kier molecular flexibility index (Phi) is 3.01. The lowest BCUT2D eigenvalue weighted by molar-refractivity contribution is 0.521. The molecule has 17 heavy (non-hydrogen) atoms. The summed E-state index contributed by atoms with van der Waals surface area (Å²) >= 11 is 0. The summed E-state index contributed by atoms with van der Waals surface area (Å²) in [4.78, 5) is 0.264. The van der Waals surface area contributed by atoms with Crippen molar-refractivity contribution in [3.05, 3.63) is 18.2 Å². The van der Waals surface area contributed by atoms with Crippen LogP contribution in [0.15, 0.2) is 23.1 Å². The summed E-state index contributed by atoms with van der Waals surface area (Å²) in [5.41, 5.74) is 7.10. The van der Waals surface area contributed by atoms with Gasteiger partial charge in [-0.25, -0.2) is 12.7 Å². The summed E-state index contributed by atoms with van der Waals surface area (Å²) < 4.78 is 25.1. The summed E-state index contributed by atoms with van der Waals surface area (Å²) in [7, 11) is -0.367. The van der Waals surface area contributed by atoms with Crippen molar-refractivity contribution in [2.45, 2.75) is 23.8 Å². The summed E-state index contributed by atoms with van der Waals surface area (Å²) in [6.07, 6.45) is 2.23. The van der Waals surface area contributed by atoms with Gasteiger partial charge in [-0.2, -0.15) is 0 Å². The lowest BCUT2D eigenvalue weighted by Crippen LogP contribution is -2.22. The van der Waals surface area contributed by atoms with Crippen molar-refractivity contribution in [2.24, 2.45) is 0 Å². The van der Waals surface area contributed by atoms with Crippen molar-refractivity contribution >= 4 is 21.4 Å². The van der Waals surface area contributed by atoms with E-state index in [4.69, 9.17) is 5.73 Å². The number of nitrogens with two attached hydrogens (primary N) is 1. The Hall–Kier alpha value is -1.27. The molecular weight excluding hydrogens is 238 g/mol. The molecular formula is C11H17N3O2S. The van der Waals surface area contributed by atoms with E-state index >= 15 is 0 Å². The summed E-state index contributed by atoms with van der Waals surface area (Å²) in [5.74, 6) is 0. The number of nitrogens with zero attached hydrogens (tertiary/aromatic N) is 1. The second-order valence-electron chi connectivity index (χ2n) is 4.46. The van der Waals surface area contributed by atoms with Crippen LogP contribution in [0.3, 0.4) is 0 Å². The third kappa shape index (κ3) is 2.53. The Bertz CT molecular complexity index is 522. The topological polar surface area (TPSA) is 75.4 Å². The van der Waals surface area contributed by atoms with Gasteiger partial charge in [-0.3, -0.25) is 0 Å². The number of anilines is 2. The number of benzene rings is 1. The molecule has 0 aliphatic heterocycles. The van der Waals surface area contributed by atoms with Crippen LogP contribution in [0.2, 0.25) is 0 Å². The van der Waals surface area contributed by atoms with E-state index in [1.54, 1.807) is 12.1 Å². The number of rotatable bonds is 4. The van der Waals surface area contributed by atoms with Gasteiger partial charge in [0.25, 0.3) is 0 Å². The summed E-state index contributed by atoms with van der Waals surface area (Å²) in [5, 5.41) is 3.23. The van der Waals surface area contributed by atoms with Gasteiger partial charge in [0.05, 0.1) is 16.3 Å². The third-order valence-electron chi connectivity index (χ3n) is 2.74. The van der Waals surface area contributed by atoms with Crippen LogP contribution >= 0.6 is 0 Å². The maximum absolute atomic E-state index is 12.0. The minimum atomic E-state index is -3.39. The zero-order valence-corrected chi connectivity index (χ0v) is 10.8. The van der Waals surface area contributed by atoms with Crippen LogP contribution in [0.5, 0.6) is 0 Å². The fraction of sp³-hybridized carbons (Fsp3) is 0.455. The van der Waals surface area contributed by atoms with E-state index in [2.05, 4.69) is 5.32 Å². The van der Waals surface area contributed by atoms with Crippen LogP contribution in [0, 0.1) is 0 Å². The molecule has 0 heterocycles. The monoisotopic (exact) mass is 255 g/mol. The Balaban J connectivity index is 2.36. The van der Waals surface area contributed by atoms with Crippen molar-refractivity contribution in [1.29, 1.82) is 0 Å². The minimum Gasteiger partial charge on any atom is -0.397 e. The zero-order chi connectivity index (χ0) is 12.6. The van der Waals surface area contributed by atoms with Gasteiger partial charge < -0.3 is 11.1 Å². The molecule has 94 valence electrons. The fourth-order valence-electron chi connectivity index (χ4n) is 1.48. The molecule has 0 spiro atoms. The molecule has 1 aromatic rings. The highest BCUT2D eigenvalue weighted by molar-refractivity contribution is 7.89. The maximum Gasteiger partial charge on any atom is 0.242 e. The Morgan fingerprint density at radius 3 is 2.53 bits per heavy atom. The average molecular weight is 255 g/mol. The van der Waals surface area contributed by atoms with E-state index in [9.17, 15) is 8.42 Å².